The normalized spacial score (nSPS) is 13.3. The van der Waals surface area contributed by atoms with E-state index in [1.807, 2.05) is 0 Å². The molecule has 29 heavy (non-hydrogen) atoms. The zero-order valence-electron chi connectivity index (χ0n) is 14.2. The topological polar surface area (TPSA) is 65.1 Å². The van der Waals surface area contributed by atoms with E-state index in [1.54, 1.807) is 0 Å². The van der Waals surface area contributed by atoms with E-state index >= 15 is 0 Å². The van der Waals surface area contributed by atoms with Crippen molar-refractivity contribution in [2.45, 2.75) is 31.7 Å². The number of nitrogens with zero attached hydrogens (tertiary/aromatic N) is 5. The number of hydrogen-bond acceptors (Lipinski definition) is 4. The largest absolute Gasteiger partial charge is 0.455 e. The van der Waals surface area contributed by atoms with Crippen molar-refractivity contribution >= 4 is 5.78 Å². The molecule has 0 spiro atoms. The SMILES string of the molecule is Cc1cnc2nc(C(F)(F)F)c(-c3cnn(CC(F)(F)C(F)(F)F)c3)c(=O)n2c1. The van der Waals surface area contributed by atoms with Gasteiger partial charge in [-0.25, -0.2) is 9.97 Å². The predicted molar refractivity (Wildman–Crippen MR) is 81.2 cm³/mol. The van der Waals surface area contributed by atoms with Gasteiger partial charge in [0.15, 0.2) is 5.69 Å². The first kappa shape index (κ1) is 20.7. The van der Waals surface area contributed by atoms with E-state index < -0.39 is 53.0 Å². The molecule has 0 saturated carbocycles. The fraction of sp³-hybridized carbons (Fsp3) is 0.333. The van der Waals surface area contributed by atoms with Gasteiger partial charge in [0.25, 0.3) is 5.56 Å². The van der Waals surface area contributed by atoms with Crippen LogP contribution in [-0.2, 0) is 12.7 Å². The molecule has 0 unspecified atom stereocenters. The Morgan fingerprint density at radius 2 is 1.66 bits per heavy atom. The minimum Gasteiger partial charge on any atom is -0.268 e. The summed E-state index contributed by atoms with van der Waals surface area (Å²) in [7, 11) is 0. The van der Waals surface area contributed by atoms with E-state index in [2.05, 4.69) is 15.1 Å². The molecular formula is C15H9F8N5O. The second kappa shape index (κ2) is 6.49. The molecular weight excluding hydrogens is 418 g/mol. The fourth-order valence-electron chi connectivity index (χ4n) is 2.46. The number of hydrogen-bond donors (Lipinski definition) is 0. The first-order chi connectivity index (χ1) is 13.2. The van der Waals surface area contributed by atoms with Gasteiger partial charge < -0.3 is 0 Å². The Hall–Kier alpha value is -3.06. The molecule has 0 aliphatic heterocycles. The van der Waals surface area contributed by atoms with Crippen LogP contribution < -0.4 is 5.56 Å². The van der Waals surface area contributed by atoms with Crippen LogP contribution in [0.1, 0.15) is 11.3 Å². The van der Waals surface area contributed by atoms with Crippen LogP contribution >= 0.6 is 0 Å². The molecule has 0 fully saturated rings. The third kappa shape index (κ3) is 3.78. The Morgan fingerprint density at radius 3 is 2.24 bits per heavy atom. The summed E-state index contributed by atoms with van der Waals surface area (Å²) in [6, 6.07) is 0. The second-order valence-electron chi connectivity index (χ2n) is 6.07. The van der Waals surface area contributed by atoms with Crippen molar-refractivity contribution in [3.8, 4) is 11.1 Å². The quantitative estimate of drug-likeness (QED) is 0.601. The number of fused-ring (bicyclic) bond motifs is 1. The van der Waals surface area contributed by atoms with Crippen LogP contribution in [0.2, 0.25) is 0 Å². The van der Waals surface area contributed by atoms with Gasteiger partial charge in [0, 0.05) is 24.2 Å². The molecule has 0 amide bonds. The van der Waals surface area contributed by atoms with Crippen molar-refractivity contribution < 1.29 is 35.1 Å². The highest BCUT2D eigenvalue weighted by Gasteiger charge is 2.57. The van der Waals surface area contributed by atoms with Crippen LogP contribution in [0.3, 0.4) is 0 Å². The van der Waals surface area contributed by atoms with Crippen molar-refractivity contribution in [2.24, 2.45) is 0 Å². The van der Waals surface area contributed by atoms with Gasteiger partial charge in [-0.3, -0.25) is 13.9 Å². The molecule has 0 bridgehead atoms. The lowest BCUT2D eigenvalue weighted by atomic mass is 10.1. The summed E-state index contributed by atoms with van der Waals surface area (Å²) < 4.78 is 104. The molecule has 0 aromatic carbocycles. The average molecular weight is 427 g/mol. The summed E-state index contributed by atoms with van der Waals surface area (Å²) in [6.45, 7) is -0.464. The van der Waals surface area contributed by atoms with Crippen molar-refractivity contribution in [1.29, 1.82) is 0 Å². The summed E-state index contributed by atoms with van der Waals surface area (Å²) in [5, 5.41) is 3.23. The van der Waals surface area contributed by atoms with Crippen LogP contribution in [0.25, 0.3) is 16.9 Å². The minimum absolute atomic E-state index is 0.103. The monoisotopic (exact) mass is 427 g/mol. The van der Waals surface area contributed by atoms with Crippen LogP contribution in [0.4, 0.5) is 35.1 Å². The number of alkyl halides is 8. The van der Waals surface area contributed by atoms with E-state index in [1.165, 1.54) is 13.1 Å². The standard InChI is InChI=1S/C15H9F8N5O/c1-7-2-24-12-26-10(14(18,19)20)9(11(29)28(12)4-7)8-3-25-27(5-8)6-13(16,17)15(21,22)23/h2-5H,6H2,1H3. The van der Waals surface area contributed by atoms with Crippen molar-refractivity contribution in [3.63, 3.8) is 0 Å². The summed E-state index contributed by atoms with van der Waals surface area (Å²) in [4.78, 5) is 19.6. The molecule has 0 N–H and O–H groups in total. The fourth-order valence-corrected chi connectivity index (χ4v) is 2.46. The third-order valence-electron chi connectivity index (χ3n) is 3.78. The maximum absolute atomic E-state index is 13.4. The molecule has 0 aliphatic rings. The predicted octanol–water partition coefficient (Wildman–Crippen LogP) is 3.48. The second-order valence-corrected chi connectivity index (χ2v) is 6.07. The van der Waals surface area contributed by atoms with Crippen LogP contribution in [0.15, 0.2) is 29.6 Å². The van der Waals surface area contributed by atoms with Gasteiger partial charge in [0.05, 0.1) is 11.8 Å². The molecule has 0 radical (unpaired) electrons. The number of halogens is 8. The van der Waals surface area contributed by atoms with Crippen molar-refractivity contribution in [1.82, 2.24) is 24.1 Å². The summed E-state index contributed by atoms with van der Waals surface area (Å²) >= 11 is 0. The van der Waals surface area contributed by atoms with Gasteiger partial charge >= 0.3 is 18.3 Å². The lowest BCUT2D eigenvalue weighted by molar-refractivity contribution is -0.287. The highest BCUT2D eigenvalue weighted by Crippen LogP contribution is 2.37. The summed E-state index contributed by atoms with van der Waals surface area (Å²) in [5.74, 6) is -5.74. The van der Waals surface area contributed by atoms with E-state index in [-0.39, 0.29) is 4.68 Å². The summed E-state index contributed by atoms with van der Waals surface area (Å²) in [5.41, 5.74) is -4.16. The third-order valence-corrected chi connectivity index (χ3v) is 3.78. The number of rotatable bonds is 3. The van der Waals surface area contributed by atoms with Gasteiger partial charge in [0.2, 0.25) is 5.78 Å². The Kier molecular flexibility index (Phi) is 4.62. The molecule has 3 rings (SSSR count). The van der Waals surface area contributed by atoms with Gasteiger partial charge in [-0.2, -0.15) is 40.2 Å². The molecule has 156 valence electrons. The number of aromatic nitrogens is 5. The van der Waals surface area contributed by atoms with Crippen LogP contribution in [0, 0.1) is 6.92 Å². The Labute approximate surface area is 155 Å². The Morgan fingerprint density at radius 1 is 1.00 bits per heavy atom. The first-order valence-corrected chi connectivity index (χ1v) is 7.64. The zero-order chi connectivity index (χ0) is 21.8. The van der Waals surface area contributed by atoms with E-state index in [4.69, 9.17) is 0 Å². The van der Waals surface area contributed by atoms with Crippen LogP contribution in [0.5, 0.6) is 0 Å². The molecule has 14 heteroatoms. The van der Waals surface area contributed by atoms with Crippen LogP contribution in [-0.4, -0.2) is 36.2 Å². The molecule has 0 saturated heterocycles. The highest BCUT2D eigenvalue weighted by atomic mass is 19.4. The van der Waals surface area contributed by atoms with Crippen molar-refractivity contribution in [3.05, 3.63) is 46.4 Å². The highest BCUT2D eigenvalue weighted by molar-refractivity contribution is 5.65. The van der Waals surface area contributed by atoms with E-state index in [0.717, 1.165) is 6.20 Å². The lowest BCUT2D eigenvalue weighted by Crippen LogP contribution is -2.40. The van der Waals surface area contributed by atoms with Gasteiger partial charge in [0.1, 0.15) is 6.54 Å². The van der Waals surface area contributed by atoms with Gasteiger partial charge in [-0.15, -0.1) is 0 Å². The molecule has 6 nitrogen and oxygen atoms in total. The average Bonchev–Trinajstić information content (AvgIpc) is 3.00. The molecule has 3 heterocycles. The lowest BCUT2D eigenvalue weighted by Gasteiger charge is -2.19. The molecule has 0 aliphatic carbocycles. The smallest absolute Gasteiger partial charge is 0.268 e. The van der Waals surface area contributed by atoms with E-state index in [9.17, 15) is 39.9 Å². The zero-order valence-corrected chi connectivity index (χ0v) is 14.2. The molecule has 3 aromatic heterocycles. The molecule has 0 atom stereocenters. The number of aryl methyl sites for hydroxylation is 1. The maximum atomic E-state index is 13.4. The van der Waals surface area contributed by atoms with Crippen molar-refractivity contribution in [2.75, 3.05) is 0 Å². The first-order valence-electron chi connectivity index (χ1n) is 7.64. The molecule has 3 aromatic rings. The summed E-state index contributed by atoms with van der Waals surface area (Å²) in [6.07, 6.45) is -7.61. The minimum atomic E-state index is -5.89. The Bertz CT molecular complexity index is 1130. The van der Waals surface area contributed by atoms with Gasteiger partial charge in [-0.1, -0.05) is 0 Å². The maximum Gasteiger partial charge on any atom is 0.455 e. The Balaban J connectivity index is 2.19. The van der Waals surface area contributed by atoms with Gasteiger partial charge in [-0.05, 0) is 12.5 Å². The van der Waals surface area contributed by atoms with E-state index in [0.29, 0.717) is 22.4 Å².